The van der Waals surface area contributed by atoms with Crippen LogP contribution >= 0.6 is 0 Å². The van der Waals surface area contributed by atoms with Gasteiger partial charge in [0.2, 0.25) is 0 Å². The van der Waals surface area contributed by atoms with E-state index in [1.165, 1.54) is 154 Å². The van der Waals surface area contributed by atoms with Crippen LogP contribution in [0.4, 0.5) is 0 Å². The quantitative estimate of drug-likeness (QED) is 0.117. The van der Waals surface area contributed by atoms with Crippen molar-refractivity contribution in [2.45, 2.75) is 155 Å². The molecule has 0 rings (SSSR count). The molecule has 1 N–H and O–H groups in total. The SMILES string of the molecule is CCCC=CCCCCCNCCCCCCCCCCCCCCCCCC. The average molecular weight is 408 g/mol. The Labute approximate surface area is 185 Å². The van der Waals surface area contributed by atoms with Gasteiger partial charge in [0.25, 0.3) is 0 Å². The fraction of sp³-hybridized carbons (Fsp3) is 0.929. The van der Waals surface area contributed by atoms with Crippen LogP contribution in [0.25, 0.3) is 0 Å². The van der Waals surface area contributed by atoms with Crippen molar-refractivity contribution in [1.82, 2.24) is 5.32 Å². The summed E-state index contributed by atoms with van der Waals surface area (Å²) >= 11 is 0. The largest absolute Gasteiger partial charge is 0.317 e. The standard InChI is InChI=1S/C28H57N/c1-3-5-7-9-11-13-14-15-16-17-18-19-20-22-24-26-28-29-27-25-23-21-12-10-8-6-4-2/h8,10,29H,3-7,9,11-28H2,1-2H3. The van der Waals surface area contributed by atoms with Crippen LogP contribution < -0.4 is 5.32 Å². The van der Waals surface area contributed by atoms with Crippen LogP contribution in [0, 0.1) is 0 Å². The van der Waals surface area contributed by atoms with Gasteiger partial charge in [-0.1, -0.05) is 135 Å². The first-order chi connectivity index (χ1) is 14.4. The minimum atomic E-state index is 1.22. The monoisotopic (exact) mass is 407 g/mol. The number of hydrogen-bond donors (Lipinski definition) is 1. The Morgan fingerprint density at radius 1 is 0.379 bits per heavy atom. The molecule has 0 saturated heterocycles. The van der Waals surface area contributed by atoms with Gasteiger partial charge in [0.15, 0.2) is 0 Å². The minimum absolute atomic E-state index is 1.22. The second-order valence-corrected chi connectivity index (χ2v) is 9.16. The summed E-state index contributed by atoms with van der Waals surface area (Å²) in [6.45, 7) is 7.00. The van der Waals surface area contributed by atoms with E-state index < -0.39 is 0 Å². The Morgan fingerprint density at radius 3 is 1.21 bits per heavy atom. The molecule has 0 saturated carbocycles. The highest BCUT2D eigenvalue weighted by Gasteiger charge is 1.95. The number of hydrogen-bond acceptors (Lipinski definition) is 1. The molecule has 29 heavy (non-hydrogen) atoms. The molecule has 0 aliphatic rings. The van der Waals surface area contributed by atoms with Gasteiger partial charge in [-0.15, -0.1) is 0 Å². The van der Waals surface area contributed by atoms with Gasteiger partial charge in [-0.3, -0.25) is 0 Å². The second kappa shape index (κ2) is 27.7. The highest BCUT2D eigenvalue weighted by Crippen LogP contribution is 2.13. The first kappa shape index (κ1) is 28.7. The van der Waals surface area contributed by atoms with Gasteiger partial charge in [0.1, 0.15) is 0 Å². The van der Waals surface area contributed by atoms with Crippen LogP contribution in [-0.4, -0.2) is 13.1 Å². The van der Waals surface area contributed by atoms with E-state index in [1.54, 1.807) is 0 Å². The first-order valence-electron chi connectivity index (χ1n) is 13.8. The van der Waals surface area contributed by atoms with E-state index in [0.717, 1.165) is 0 Å². The van der Waals surface area contributed by atoms with E-state index >= 15 is 0 Å². The molecule has 0 aromatic heterocycles. The molecule has 0 radical (unpaired) electrons. The van der Waals surface area contributed by atoms with Gasteiger partial charge >= 0.3 is 0 Å². The Morgan fingerprint density at radius 2 is 0.759 bits per heavy atom. The van der Waals surface area contributed by atoms with Crippen LogP contribution in [0.5, 0.6) is 0 Å². The molecule has 0 spiro atoms. The van der Waals surface area contributed by atoms with Gasteiger partial charge in [0, 0.05) is 0 Å². The summed E-state index contributed by atoms with van der Waals surface area (Å²) in [7, 11) is 0. The fourth-order valence-corrected chi connectivity index (χ4v) is 4.01. The van der Waals surface area contributed by atoms with Crippen molar-refractivity contribution < 1.29 is 0 Å². The van der Waals surface area contributed by atoms with Crippen LogP contribution in [0.15, 0.2) is 12.2 Å². The van der Waals surface area contributed by atoms with E-state index in [9.17, 15) is 0 Å². The molecule has 0 heterocycles. The highest BCUT2D eigenvalue weighted by atomic mass is 14.8. The predicted molar refractivity (Wildman–Crippen MR) is 135 cm³/mol. The summed E-state index contributed by atoms with van der Waals surface area (Å²) in [6.07, 6.45) is 35.9. The smallest absolute Gasteiger partial charge is 0.00489 e. The maximum Gasteiger partial charge on any atom is -0.00489 e. The number of rotatable bonds is 25. The summed E-state index contributed by atoms with van der Waals surface area (Å²) in [6, 6.07) is 0. The molecule has 0 aliphatic heterocycles. The summed E-state index contributed by atoms with van der Waals surface area (Å²) in [5.41, 5.74) is 0. The fourth-order valence-electron chi connectivity index (χ4n) is 4.01. The van der Waals surface area contributed by atoms with Crippen LogP contribution in [-0.2, 0) is 0 Å². The van der Waals surface area contributed by atoms with Crippen molar-refractivity contribution in [3.05, 3.63) is 12.2 Å². The Kier molecular flexibility index (Phi) is 27.4. The van der Waals surface area contributed by atoms with E-state index in [0.29, 0.717) is 0 Å². The molecule has 1 nitrogen and oxygen atoms in total. The third kappa shape index (κ3) is 27.7. The number of unbranched alkanes of at least 4 members (excludes halogenated alkanes) is 19. The normalized spacial score (nSPS) is 11.7. The van der Waals surface area contributed by atoms with Crippen LogP contribution in [0.1, 0.15) is 155 Å². The molecule has 0 atom stereocenters. The van der Waals surface area contributed by atoms with Crippen LogP contribution in [0.3, 0.4) is 0 Å². The molecular weight excluding hydrogens is 350 g/mol. The van der Waals surface area contributed by atoms with Crippen molar-refractivity contribution in [1.29, 1.82) is 0 Å². The van der Waals surface area contributed by atoms with Crippen molar-refractivity contribution in [3.8, 4) is 0 Å². The van der Waals surface area contributed by atoms with Crippen molar-refractivity contribution >= 4 is 0 Å². The Balaban J connectivity index is 3.00. The number of allylic oxidation sites excluding steroid dienone is 2. The third-order valence-corrected chi connectivity index (χ3v) is 6.05. The van der Waals surface area contributed by atoms with E-state index in [4.69, 9.17) is 0 Å². The maximum atomic E-state index is 3.63. The predicted octanol–water partition coefficient (Wildman–Crippen LogP) is 9.75. The molecule has 0 aromatic carbocycles. The zero-order valence-electron chi connectivity index (χ0n) is 20.6. The molecular formula is C28H57N. The van der Waals surface area contributed by atoms with Gasteiger partial charge in [-0.25, -0.2) is 0 Å². The van der Waals surface area contributed by atoms with E-state index in [2.05, 4.69) is 31.3 Å². The maximum absolute atomic E-state index is 3.63. The molecule has 0 bridgehead atoms. The lowest BCUT2D eigenvalue weighted by Gasteiger charge is -2.05. The molecule has 0 aromatic rings. The van der Waals surface area contributed by atoms with Gasteiger partial charge in [-0.2, -0.15) is 0 Å². The summed E-state index contributed by atoms with van der Waals surface area (Å²) in [5, 5.41) is 3.63. The highest BCUT2D eigenvalue weighted by molar-refractivity contribution is 4.80. The molecule has 174 valence electrons. The van der Waals surface area contributed by atoms with Crippen molar-refractivity contribution in [3.63, 3.8) is 0 Å². The number of nitrogens with one attached hydrogen (secondary N) is 1. The molecule has 1 heteroatoms. The summed E-state index contributed by atoms with van der Waals surface area (Å²) in [5.74, 6) is 0. The van der Waals surface area contributed by atoms with Crippen LogP contribution in [0.2, 0.25) is 0 Å². The molecule has 0 unspecified atom stereocenters. The molecule has 0 fully saturated rings. The van der Waals surface area contributed by atoms with Gasteiger partial charge in [-0.05, 0) is 45.2 Å². The zero-order valence-corrected chi connectivity index (χ0v) is 20.6. The van der Waals surface area contributed by atoms with Gasteiger partial charge < -0.3 is 5.32 Å². The third-order valence-electron chi connectivity index (χ3n) is 6.05. The lowest BCUT2D eigenvalue weighted by molar-refractivity contribution is 0.523. The van der Waals surface area contributed by atoms with Crippen molar-refractivity contribution in [2.24, 2.45) is 0 Å². The summed E-state index contributed by atoms with van der Waals surface area (Å²) in [4.78, 5) is 0. The van der Waals surface area contributed by atoms with Gasteiger partial charge in [0.05, 0.1) is 0 Å². The Hall–Kier alpha value is -0.300. The lowest BCUT2D eigenvalue weighted by Crippen LogP contribution is -2.16. The van der Waals surface area contributed by atoms with E-state index in [-0.39, 0.29) is 0 Å². The first-order valence-corrected chi connectivity index (χ1v) is 13.8. The molecule has 0 aliphatic carbocycles. The second-order valence-electron chi connectivity index (χ2n) is 9.16. The van der Waals surface area contributed by atoms with E-state index in [1.807, 2.05) is 0 Å². The topological polar surface area (TPSA) is 12.0 Å². The minimum Gasteiger partial charge on any atom is -0.317 e. The zero-order chi connectivity index (χ0) is 21.1. The Bertz CT molecular complexity index is 297. The van der Waals surface area contributed by atoms with Crippen molar-refractivity contribution in [2.75, 3.05) is 13.1 Å². The average Bonchev–Trinajstić information content (AvgIpc) is 2.74. The summed E-state index contributed by atoms with van der Waals surface area (Å²) < 4.78 is 0. The molecule has 0 amide bonds. The lowest BCUT2D eigenvalue weighted by atomic mass is 10.0.